The van der Waals surface area contributed by atoms with Gasteiger partial charge in [-0.15, -0.1) is 0 Å². The van der Waals surface area contributed by atoms with Gasteiger partial charge in [0.15, 0.2) is 0 Å². The van der Waals surface area contributed by atoms with Crippen LogP contribution < -0.4 is 9.47 Å². The van der Waals surface area contributed by atoms with Crippen molar-refractivity contribution in [1.29, 1.82) is 0 Å². The number of para-hydroxylation sites is 1. The number of aryl methyl sites for hydroxylation is 1. The molecule has 0 atom stereocenters. The fourth-order valence-corrected chi connectivity index (χ4v) is 2.21. The number of hydrogen-bond acceptors (Lipinski definition) is 2. The van der Waals surface area contributed by atoms with Gasteiger partial charge >= 0.3 is 0 Å². The first kappa shape index (κ1) is 13.5. The number of benzene rings is 2. The standard InChI is InChI=1S/C17H20O2/c1-12-10-17(18-4)14(3)13(2)16(12)11-19-15-8-6-5-7-9-15/h5-10H,11H2,1-4H3. The highest BCUT2D eigenvalue weighted by Crippen LogP contribution is 2.28. The van der Waals surface area contributed by atoms with Crippen LogP contribution in [0.5, 0.6) is 11.5 Å². The molecule has 0 radical (unpaired) electrons. The van der Waals surface area contributed by atoms with E-state index in [4.69, 9.17) is 9.47 Å². The van der Waals surface area contributed by atoms with Gasteiger partial charge in [0.25, 0.3) is 0 Å². The molecule has 2 heteroatoms. The van der Waals surface area contributed by atoms with Gasteiger partial charge in [0.2, 0.25) is 0 Å². The van der Waals surface area contributed by atoms with Crippen molar-refractivity contribution in [3.05, 3.63) is 58.7 Å². The minimum absolute atomic E-state index is 0.590. The van der Waals surface area contributed by atoms with E-state index >= 15 is 0 Å². The van der Waals surface area contributed by atoms with Gasteiger partial charge in [-0.05, 0) is 61.2 Å². The molecule has 100 valence electrons. The van der Waals surface area contributed by atoms with Crippen molar-refractivity contribution in [2.24, 2.45) is 0 Å². The molecule has 0 N–H and O–H groups in total. The van der Waals surface area contributed by atoms with Gasteiger partial charge in [-0.3, -0.25) is 0 Å². The predicted molar refractivity (Wildman–Crippen MR) is 78.0 cm³/mol. The minimum atomic E-state index is 0.590. The summed E-state index contributed by atoms with van der Waals surface area (Å²) in [4.78, 5) is 0. The number of ether oxygens (including phenoxy) is 2. The summed E-state index contributed by atoms with van der Waals surface area (Å²) < 4.78 is 11.2. The summed E-state index contributed by atoms with van der Waals surface area (Å²) in [7, 11) is 1.71. The van der Waals surface area contributed by atoms with Crippen molar-refractivity contribution in [2.45, 2.75) is 27.4 Å². The van der Waals surface area contributed by atoms with Crippen molar-refractivity contribution in [1.82, 2.24) is 0 Å². The van der Waals surface area contributed by atoms with E-state index in [9.17, 15) is 0 Å². The summed E-state index contributed by atoms with van der Waals surface area (Å²) in [6, 6.07) is 12.0. The van der Waals surface area contributed by atoms with Crippen molar-refractivity contribution in [2.75, 3.05) is 7.11 Å². The highest BCUT2D eigenvalue weighted by molar-refractivity contribution is 5.48. The molecule has 0 aliphatic carbocycles. The number of hydrogen-bond donors (Lipinski definition) is 0. The lowest BCUT2D eigenvalue weighted by atomic mass is 9.98. The molecule has 0 unspecified atom stereocenters. The lowest BCUT2D eigenvalue weighted by molar-refractivity contribution is 0.304. The Bertz CT molecular complexity index is 559. The Balaban J connectivity index is 2.24. The monoisotopic (exact) mass is 256 g/mol. The smallest absolute Gasteiger partial charge is 0.122 e. The van der Waals surface area contributed by atoms with E-state index in [1.54, 1.807) is 7.11 Å². The second-order valence-corrected chi connectivity index (χ2v) is 4.73. The Morgan fingerprint density at radius 1 is 0.947 bits per heavy atom. The molecule has 0 fully saturated rings. The molecule has 0 aliphatic rings. The zero-order valence-electron chi connectivity index (χ0n) is 12.0. The second kappa shape index (κ2) is 5.79. The van der Waals surface area contributed by atoms with Gasteiger partial charge in [0.1, 0.15) is 18.1 Å². The largest absolute Gasteiger partial charge is 0.496 e. The zero-order chi connectivity index (χ0) is 13.8. The highest BCUT2D eigenvalue weighted by atomic mass is 16.5. The van der Waals surface area contributed by atoms with E-state index in [1.165, 1.54) is 22.3 Å². The molecule has 0 bridgehead atoms. The molecule has 19 heavy (non-hydrogen) atoms. The van der Waals surface area contributed by atoms with Crippen LogP contribution in [0.25, 0.3) is 0 Å². The topological polar surface area (TPSA) is 18.5 Å². The molecule has 0 aliphatic heterocycles. The van der Waals surface area contributed by atoms with Gasteiger partial charge in [0, 0.05) is 0 Å². The van der Waals surface area contributed by atoms with Crippen molar-refractivity contribution < 1.29 is 9.47 Å². The van der Waals surface area contributed by atoms with Crippen LogP contribution in [0, 0.1) is 20.8 Å². The third-order valence-corrected chi connectivity index (χ3v) is 3.55. The van der Waals surface area contributed by atoms with E-state index in [1.807, 2.05) is 30.3 Å². The van der Waals surface area contributed by atoms with Crippen LogP contribution in [0.4, 0.5) is 0 Å². The van der Waals surface area contributed by atoms with Gasteiger partial charge < -0.3 is 9.47 Å². The van der Waals surface area contributed by atoms with Crippen LogP contribution in [0.15, 0.2) is 36.4 Å². The molecule has 0 amide bonds. The fourth-order valence-electron chi connectivity index (χ4n) is 2.21. The number of rotatable bonds is 4. The van der Waals surface area contributed by atoms with E-state index in [-0.39, 0.29) is 0 Å². The normalized spacial score (nSPS) is 10.3. The molecule has 2 aromatic rings. The molecular formula is C17H20O2. The first-order valence-corrected chi connectivity index (χ1v) is 6.45. The van der Waals surface area contributed by atoms with Crippen LogP contribution in [-0.4, -0.2) is 7.11 Å². The average Bonchev–Trinajstić information content (AvgIpc) is 2.44. The average molecular weight is 256 g/mol. The Morgan fingerprint density at radius 2 is 1.63 bits per heavy atom. The summed E-state index contributed by atoms with van der Waals surface area (Å²) >= 11 is 0. The zero-order valence-corrected chi connectivity index (χ0v) is 12.0. The predicted octanol–water partition coefficient (Wildman–Crippen LogP) is 4.20. The van der Waals surface area contributed by atoms with Crippen LogP contribution in [-0.2, 0) is 6.61 Å². The molecule has 2 nitrogen and oxygen atoms in total. The third-order valence-electron chi connectivity index (χ3n) is 3.55. The van der Waals surface area contributed by atoms with Gasteiger partial charge in [0.05, 0.1) is 7.11 Å². The molecular weight excluding hydrogens is 236 g/mol. The Morgan fingerprint density at radius 3 is 2.26 bits per heavy atom. The molecule has 0 spiro atoms. The third kappa shape index (κ3) is 2.90. The van der Waals surface area contributed by atoms with E-state index in [0.717, 1.165) is 11.5 Å². The van der Waals surface area contributed by atoms with Crippen LogP contribution in [0.2, 0.25) is 0 Å². The van der Waals surface area contributed by atoms with E-state index in [2.05, 4.69) is 26.8 Å². The van der Waals surface area contributed by atoms with E-state index < -0.39 is 0 Å². The SMILES string of the molecule is COc1cc(C)c(COc2ccccc2)c(C)c1C. The lowest BCUT2D eigenvalue weighted by Crippen LogP contribution is -2.03. The van der Waals surface area contributed by atoms with Crippen molar-refractivity contribution in [3.8, 4) is 11.5 Å². The highest BCUT2D eigenvalue weighted by Gasteiger charge is 2.11. The summed E-state index contributed by atoms with van der Waals surface area (Å²) in [5, 5.41) is 0. The van der Waals surface area contributed by atoms with Crippen molar-refractivity contribution >= 4 is 0 Å². The Kier molecular flexibility index (Phi) is 4.10. The minimum Gasteiger partial charge on any atom is -0.496 e. The maximum Gasteiger partial charge on any atom is 0.122 e. The van der Waals surface area contributed by atoms with Gasteiger partial charge in [-0.1, -0.05) is 18.2 Å². The van der Waals surface area contributed by atoms with Crippen LogP contribution >= 0.6 is 0 Å². The first-order chi connectivity index (χ1) is 9.13. The maximum atomic E-state index is 5.84. The molecule has 2 rings (SSSR count). The lowest BCUT2D eigenvalue weighted by Gasteiger charge is -2.16. The van der Waals surface area contributed by atoms with Crippen molar-refractivity contribution in [3.63, 3.8) is 0 Å². The van der Waals surface area contributed by atoms with Gasteiger partial charge in [-0.2, -0.15) is 0 Å². The fraction of sp³-hybridized carbons (Fsp3) is 0.294. The first-order valence-electron chi connectivity index (χ1n) is 6.45. The van der Waals surface area contributed by atoms with E-state index in [0.29, 0.717) is 6.61 Å². The Labute approximate surface area is 115 Å². The molecule has 0 saturated carbocycles. The summed E-state index contributed by atoms with van der Waals surface area (Å²) in [5.41, 5.74) is 4.87. The number of methoxy groups -OCH3 is 1. The summed E-state index contributed by atoms with van der Waals surface area (Å²) in [6.45, 7) is 6.89. The molecule has 2 aromatic carbocycles. The summed E-state index contributed by atoms with van der Waals surface area (Å²) in [5.74, 6) is 1.84. The molecule has 0 saturated heterocycles. The molecule has 0 aromatic heterocycles. The summed E-state index contributed by atoms with van der Waals surface area (Å²) in [6.07, 6.45) is 0. The second-order valence-electron chi connectivity index (χ2n) is 4.73. The Hall–Kier alpha value is -1.96. The van der Waals surface area contributed by atoms with Crippen LogP contribution in [0.3, 0.4) is 0 Å². The maximum absolute atomic E-state index is 5.84. The molecule has 0 heterocycles. The van der Waals surface area contributed by atoms with Crippen LogP contribution in [0.1, 0.15) is 22.3 Å². The van der Waals surface area contributed by atoms with Gasteiger partial charge in [-0.25, -0.2) is 0 Å². The quantitative estimate of drug-likeness (QED) is 0.816.